The molecule has 0 radical (unpaired) electrons. The standard InChI is InChI=1S/C7H7ClN4O2S2/c1-3-5(15-4(2)9-3)6-10-7(12-11-6)16(8,13)14/h1-2H3,(H,10,11,12). The predicted molar refractivity (Wildman–Crippen MR) is 60.0 cm³/mol. The predicted octanol–water partition coefficient (Wildman–Crippen LogP) is 1.47. The molecule has 0 amide bonds. The van der Waals surface area contributed by atoms with Gasteiger partial charge in [0.15, 0.2) is 5.82 Å². The van der Waals surface area contributed by atoms with Gasteiger partial charge in [-0.2, -0.15) is 10.1 Å². The molecule has 86 valence electrons. The summed E-state index contributed by atoms with van der Waals surface area (Å²) in [6.07, 6.45) is 0. The van der Waals surface area contributed by atoms with Gasteiger partial charge in [0.05, 0.1) is 15.6 Å². The van der Waals surface area contributed by atoms with E-state index in [1.165, 1.54) is 11.3 Å². The minimum atomic E-state index is -3.87. The highest BCUT2D eigenvalue weighted by Gasteiger charge is 2.19. The molecule has 6 nitrogen and oxygen atoms in total. The lowest BCUT2D eigenvalue weighted by molar-refractivity contribution is 0.602. The minimum Gasteiger partial charge on any atom is -0.248 e. The first-order valence-corrected chi connectivity index (χ1v) is 7.32. The smallest absolute Gasteiger partial charge is 0.248 e. The van der Waals surface area contributed by atoms with Gasteiger partial charge in [0.1, 0.15) is 0 Å². The average Bonchev–Trinajstić information content (AvgIpc) is 2.70. The zero-order chi connectivity index (χ0) is 11.9. The van der Waals surface area contributed by atoms with Crippen LogP contribution in [0.5, 0.6) is 0 Å². The molecular weight excluding hydrogens is 272 g/mol. The van der Waals surface area contributed by atoms with Crippen LogP contribution in [0.25, 0.3) is 10.7 Å². The van der Waals surface area contributed by atoms with E-state index in [1.54, 1.807) is 0 Å². The summed E-state index contributed by atoms with van der Waals surface area (Å²) in [6.45, 7) is 3.66. The molecule has 0 aromatic carbocycles. The Balaban J connectivity index is 2.51. The van der Waals surface area contributed by atoms with Crippen molar-refractivity contribution in [1.82, 2.24) is 20.2 Å². The molecule has 0 spiro atoms. The van der Waals surface area contributed by atoms with E-state index in [4.69, 9.17) is 10.7 Å². The topological polar surface area (TPSA) is 88.6 Å². The van der Waals surface area contributed by atoms with Crippen LogP contribution in [0.1, 0.15) is 10.7 Å². The number of aryl methyl sites for hydroxylation is 2. The summed E-state index contributed by atoms with van der Waals surface area (Å²) in [5.41, 5.74) is 0.764. The van der Waals surface area contributed by atoms with E-state index in [1.807, 2.05) is 13.8 Å². The Hall–Kier alpha value is -0.990. The summed E-state index contributed by atoms with van der Waals surface area (Å²) in [7, 11) is 1.26. The second-order valence-electron chi connectivity index (χ2n) is 3.05. The Morgan fingerprint density at radius 2 is 2.00 bits per heavy atom. The highest BCUT2D eigenvalue weighted by atomic mass is 35.7. The zero-order valence-corrected chi connectivity index (χ0v) is 10.7. The van der Waals surface area contributed by atoms with Gasteiger partial charge in [0, 0.05) is 10.7 Å². The Labute approximate surface area is 100 Å². The van der Waals surface area contributed by atoms with Crippen LogP contribution in [-0.2, 0) is 9.05 Å². The quantitative estimate of drug-likeness (QED) is 0.841. The summed E-state index contributed by atoms with van der Waals surface area (Å²) in [5, 5.41) is 6.59. The van der Waals surface area contributed by atoms with E-state index in [2.05, 4.69) is 20.2 Å². The first kappa shape index (κ1) is 11.5. The van der Waals surface area contributed by atoms with Gasteiger partial charge in [0.25, 0.3) is 14.2 Å². The first-order chi connectivity index (χ1) is 7.38. The van der Waals surface area contributed by atoms with Crippen molar-refractivity contribution in [3.63, 3.8) is 0 Å². The number of hydrogen-bond donors (Lipinski definition) is 1. The number of rotatable bonds is 2. The molecule has 0 saturated heterocycles. The number of H-pyrrole nitrogens is 1. The van der Waals surface area contributed by atoms with Crippen molar-refractivity contribution in [3.8, 4) is 10.7 Å². The number of aromatic amines is 1. The molecule has 0 atom stereocenters. The summed E-state index contributed by atoms with van der Waals surface area (Å²) in [4.78, 5) is 8.75. The van der Waals surface area contributed by atoms with Gasteiger partial charge in [-0.25, -0.2) is 18.5 Å². The van der Waals surface area contributed by atoms with Crippen molar-refractivity contribution in [3.05, 3.63) is 10.7 Å². The van der Waals surface area contributed by atoms with Crippen molar-refractivity contribution in [2.24, 2.45) is 0 Å². The van der Waals surface area contributed by atoms with Crippen LogP contribution in [0.3, 0.4) is 0 Å². The van der Waals surface area contributed by atoms with Crippen LogP contribution in [0.15, 0.2) is 5.16 Å². The fraction of sp³-hybridized carbons (Fsp3) is 0.286. The molecule has 2 rings (SSSR count). The highest BCUT2D eigenvalue weighted by molar-refractivity contribution is 8.13. The average molecular weight is 279 g/mol. The molecule has 16 heavy (non-hydrogen) atoms. The Bertz CT molecular complexity index is 631. The van der Waals surface area contributed by atoms with Crippen molar-refractivity contribution < 1.29 is 8.42 Å². The number of thiazole rings is 1. The molecule has 2 aromatic rings. The molecule has 2 aromatic heterocycles. The molecule has 0 unspecified atom stereocenters. The normalized spacial score (nSPS) is 11.9. The van der Waals surface area contributed by atoms with Crippen LogP contribution in [-0.4, -0.2) is 28.6 Å². The number of hydrogen-bond acceptors (Lipinski definition) is 6. The van der Waals surface area contributed by atoms with E-state index in [9.17, 15) is 8.42 Å². The van der Waals surface area contributed by atoms with Crippen LogP contribution in [0, 0.1) is 13.8 Å². The monoisotopic (exact) mass is 278 g/mol. The van der Waals surface area contributed by atoms with Crippen LogP contribution < -0.4 is 0 Å². The molecule has 0 aliphatic rings. The Kier molecular flexibility index (Phi) is 2.72. The summed E-state index contributed by atoms with van der Waals surface area (Å²) in [5.74, 6) is 0.294. The molecule has 2 heterocycles. The van der Waals surface area contributed by atoms with Crippen LogP contribution >= 0.6 is 22.0 Å². The van der Waals surface area contributed by atoms with Crippen molar-refractivity contribution in [2.75, 3.05) is 0 Å². The largest absolute Gasteiger partial charge is 0.296 e. The second kappa shape index (κ2) is 3.79. The van der Waals surface area contributed by atoms with E-state index in [-0.39, 0.29) is 5.16 Å². The van der Waals surface area contributed by atoms with Crippen molar-refractivity contribution >= 4 is 31.1 Å². The maximum Gasteiger partial charge on any atom is 0.296 e. The van der Waals surface area contributed by atoms with Gasteiger partial charge >= 0.3 is 0 Å². The molecule has 1 N–H and O–H groups in total. The van der Waals surface area contributed by atoms with Crippen LogP contribution in [0.2, 0.25) is 0 Å². The molecule has 0 fully saturated rings. The molecule has 9 heteroatoms. The zero-order valence-electron chi connectivity index (χ0n) is 8.35. The van der Waals surface area contributed by atoms with Crippen molar-refractivity contribution in [1.29, 1.82) is 0 Å². The lowest BCUT2D eigenvalue weighted by Crippen LogP contribution is -1.92. The molecular formula is C7H7ClN4O2S2. The van der Waals surface area contributed by atoms with Gasteiger partial charge in [-0.05, 0) is 13.8 Å². The maximum atomic E-state index is 11.0. The molecule has 0 aliphatic heterocycles. The van der Waals surface area contributed by atoms with Gasteiger partial charge in [-0.3, -0.25) is 0 Å². The Morgan fingerprint density at radius 3 is 2.44 bits per heavy atom. The highest BCUT2D eigenvalue weighted by Crippen LogP contribution is 2.27. The third kappa shape index (κ3) is 2.08. The van der Waals surface area contributed by atoms with E-state index in [0.717, 1.165) is 15.6 Å². The van der Waals surface area contributed by atoms with E-state index in [0.29, 0.717) is 5.82 Å². The number of nitrogens with one attached hydrogen (secondary N) is 1. The fourth-order valence-corrected chi connectivity index (χ4v) is 2.61. The lowest BCUT2D eigenvalue weighted by Gasteiger charge is -1.88. The fourth-order valence-electron chi connectivity index (χ4n) is 1.20. The first-order valence-electron chi connectivity index (χ1n) is 4.19. The number of aromatic nitrogens is 4. The Morgan fingerprint density at radius 1 is 1.31 bits per heavy atom. The van der Waals surface area contributed by atoms with Gasteiger partial charge in [-0.15, -0.1) is 11.3 Å². The summed E-state index contributed by atoms with van der Waals surface area (Å²) >= 11 is 1.40. The molecule has 0 aliphatic carbocycles. The maximum absolute atomic E-state index is 11.0. The molecule has 0 saturated carbocycles. The van der Waals surface area contributed by atoms with Gasteiger partial charge in [-0.1, -0.05) is 0 Å². The van der Waals surface area contributed by atoms with E-state index < -0.39 is 9.05 Å². The third-order valence-electron chi connectivity index (χ3n) is 1.80. The van der Waals surface area contributed by atoms with Crippen molar-refractivity contribution in [2.45, 2.75) is 19.0 Å². The second-order valence-corrected chi connectivity index (χ2v) is 6.73. The van der Waals surface area contributed by atoms with Crippen LogP contribution in [0.4, 0.5) is 0 Å². The minimum absolute atomic E-state index is 0.294. The third-order valence-corrected chi connectivity index (χ3v) is 3.95. The summed E-state index contributed by atoms with van der Waals surface area (Å²) < 4.78 is 22.0. The SMILES string of the molecule is Cc1nc(C)c(-c2n[nH]c(S(=O)(=O)Cl)n2)s1. The van der Waals surface area contributed by atoms with Gasteiger partial charge in [0.2, 0.25) is 0 Å². The number of nitrogens with zero attached hydrogens (tertiary/aromatic N) is 3. The molecule has 0 bridgehead atoms. The lowest BCUT2D eigenvalue weighted by atomic mass is 10.4. The summed E-state index contributed by atoms with van der Waals surface area (Å²) in [6, 6.07) is 0. The number of halogens is 1. The van der Waals surface area contributed by atoms with E-state index >= 15 is 0 Å². The van der Waals surface area contributed by atoms with Gasteiger partial charge < -0.3 is 0 Å².